The predicted octanol–water partition coefficient (Wildman–Crippen LogP) is 3.37. The monoisotopic (exact) mass is 324 g/mol. The van der Waals surface area contributed by atoms with E-state index >= 15 is 0 Å². The standard InChI is InChI=1S/C16H12N4O2S/c1-22-14-5-3-11-15(20-14)17-8-18-16(11)23-10-2-4-12-9(6-10)7-13(21)19-12/h2-8,19,21H,1H3. The molecule has 0 radical (unpaired) electrons. The number of aromatic amines is 1. The summed E-state index contributed by atoms with van der Waals surface area (Å²) in [4.78, 5) is 16.8. The Bertz CT molecular complexity index is 1020. The third-order valence-corrected chi connectivity index (χ3v) is 4.44. The molecule has 0 aliphatic carbocycles. The minimum atomic E-state index is 0.158. The number of aromatic hydroxyl groups is 1. The molecule has 0 amide bonds. The van der Waals surface area contributed by atoms with Gasteiger partial charge in [-0.15, -0.1) is 0 Å². The molecule has 4 rings (SSSR count). The number of nitrogens with zero attached hydrogens (tertiary/aromatic N) is 3. The van der Waals surface area contributed by atoms with Crippen LogP contribution in [0.25, 0.3) is 21.9 Å². The molecule has 7 heteroatoms. The second kappa shape index (κ2) is 5.44. The van der Waals surface area contributed by atoms with E-state index in [0.29, 0.717) is 11.5 Å². The number of pyridine rings is 1. The van der Waals surface area contributed by atoms with E-state index in [1.54, 1.807) is 19.2 Å². The van der Waals surface area contributed by atoms with Crippen LogP contribution in [0, 0.1) is 0 Å². The van der Waals surface area contributed by atoms with Gasteiger partial charge in [0.1, 0.15) is 11.4 Å². The topological polar surface area (TPSA) is 83.9 Å². The average Bonchev–Trinajstić information content (AvgIpc) is 2.94. The quantitative estimate of drug-likeness (QED) is 0.562. The van der Waals surface area contributed by atoms with Crippen molar-refractivity contribution in [1.29, 1.82) is 0 Å². The number of methoxy groups -OCH3 is 1. The Hall–Kier alpha value is -2.80. The maximum absolute atomic E-state index is 9.52. The molecule has 1 aromatic carbocycles. The largest absolute Gasteiger partial charge is 0.495 e. The molecular formula is C16H12N4O2S. The lowest BCUT2D eigenvalue weighted by Crippen LogP contribution is -1.92. The van der Waals surface area contributed by atoms with E-state index < -0.39 is 0 Å². The third kappa shape index (κ3) is 2.55. The zero-order chi connectivity index (χ0) is 15.8. The van der Waals surface area contributed by atoms with Gasteiger partial charge in [-0.05, 0) is 24.3 Å². The van der Waals surface area contributed by atoms with Crippen molar-refractivity contribution in [3.05, 3.63) is 42.7 Å². The number of hydrogen-bond acceptors (Lipinski definition) is 6. The molecule has 3 heterocycles. The molecule has 0 saturated carbocycles. The molecule has 6 nitrogen and oxygen atoms in total. The summed E-state index contributed by atoms with van der Waals surface area (Å²) < 4.78 is 5.13. The predicted molar refractivity (Wildman–Crippen MR) is 88.0 cm³/mol. The molecule has 0 aliphatic rings. The van der Waals surface area contributed by atoms with E-state index in [9.17, 15) is 5.11 Å². The average molecular weight is 324 g/mol. The molecule has 3 aromatic heterocycles. The van der Waals surface area contributed by atoms with Crippen molar-refractivity contribution in [2.24, 2.45) is 0 Å². The highest BCUT2D eigenvalue weighted by molar-refractivity contribution is 7.99. The van der Waals surface area contributed by atoms with Gasteiger partial charge in [-0.3, -0.25) is 0 Å². The van der Waals surface area contributed by atoms with Crippen LogP contribution in [0.5, 0.6) is 11.8 Å². The van der Waals surface area contributed by atoms with E-state index in [-0.39, 0.29) is 5.88 Å². The number of H-pyrrole nitrogens is 1. The maximum Gasteiger partial charge on any atom is 0.215 e. The number of benzene rings is 1. The zero-order valence-corrected chi connectivity index (χ0v) is 13.0. The van der Waals surface area contributed by atoms with Crippen LogP contribution < -0.4 is 4.74 Å². The highest BCUT2D eigenvalue weighted by atomic mass is 32.2. The van der Waals surface area contributed by atoms with Gasteiger partial charge in [0.05, 0.1) is 12.5 Å². The van der Waals surface area contributed by atoms with E-state index in [2.05, 4.69) is 19.9 Å². The van der Waals surface area contributed by atoms with Crippen molar-refractivity contribution in [2.45, 2.75) is 9.92 Å². The Kier molecular flexibility index (Phi) is 3.27. The lowest BCUT2D eigenvalue weighted by atomic mass is 10.2. The Morgan fingerprint density at radius 3 is 2.91 bits per heavy atom. The first-order chi connectivity index (χ1) is 11.2. The number of rotatable bonds is 3. The first-order valence-corrected chi connectivity index (χ1v) is 7.70. The summed E-state index contributed by atoms with van der Waals surface area (Å²) in [6, 6.07) is 11.3. The highest BCUT2D eigenvalue weighted by Gasteiger charge is 2.09. The van der Waals surface area contributed by atoms with E-state index in [1.165, 1.54) is 18.1 Å². The number of aromatic nitrogens is 4. The number of ether oxygens (including phenoxy) is 1. The van der Waals surface area contributed by atoms with Crippen LogP contribution in [0.1, 0.15) is 0 Å². The van der Waals surface area contributed by atoms with Gasteiger partial charge in [-0.1, -0.05) is 11.8 Å². The Labute approximate surface area is 135 Å². The first-order valence-electron chi connectivity index (χ1n) is 6.88. The lowest BCUT2D eigenvalue weighted by molar-refractivity contribution is 0.399. The van der Waals surface area contributed by atoms with Gasteiger partial charge in [0.15, 0.2) is 11.5 Å². The van der Waals surface area contributed by atoms with E-state index in [4.69, 9.17) is 4.74 Å². The third-order valence-electron chi connectivity index (χ3n) is 3.44. The second-order valence-electron chi connectivity index (χ2n) is 4.91. The first kappa shape index (κ1) is 13.8. The molecule has 0 unspecified atom stereocenters. The highest BCUT2D eigenvalue weighted by Crippen LogP contribution is 2.33. The van der Waals surface area contributed by atoms with Gasteiger partial charge in [-0.25, -0.2) is 9.97 Å². The van der Waals surface area contributed by atoms with Crippen LogP contribution in [-0.4, -0.2) is 32.2 Å². The Morgan fingerprint density at radius 2 is 2.04 bits per heavy atom. The number of fused-ring (bicyclic) bond motifs is 2. The summed E-state index contributed by atoms with van der Waals surface area (Å²) in [6.07, 6.45) is 1.50. The molecule has 0 spiro atoms. The molecule has 0 atom stereocenters. The van der Waals surface area contributed by atoms with Crippen molar-refractivity contribution < 1.29 is 9.84 Å². The second-order valence-corrected chi connectivity index (χ2v) is 5.97. The Morgan fingerprint density at radius 1 is 1.13 bits per heavy atom. The van der Waals surface area contributed by atoms with E-state index in [0.717, 1.165) is 26.2 Å². The summed E-state index contributed by atoms with van der Waals surface area (Å²) in [5.74, 6) is 0.683. The van der Waals surface area contributed by atoms with Crippen molar-refractivity contribution in [2.75, 3.05) is 7.11 Å². The maximum atomic E-state index is 9.52. The van der Waals surface area contributed by atoms with E-state index in [1.807, 2.05) is 24.3 Å². The summed E-state index contributed by atoms with van der Waals surface area (Å²) in [5.41, 5.74) is 1.49. The minimum Gasteiger partial charge on any atom is -0.495 e. The molecule has 23 heavy (non-hydrogen) atoms. The van der Waals surface area contributed by atoms with Gasteiger partial charge < -0.3 is 14.8 Å². The van der Waals surface area contributed by atoms with Gasteiger partial charge in [0.25, 0.3) is 0 Å². The van der Waals surface area contributed by atoms with Crippen LogP contribution in [0.3, 0.4) is 0 Å². The molecule has 0 aliphatic heterocycles. The molecule has 0 saturated heterocycles. The fraction of sp³-hybridized carbons (Fsp3) is 0.0625. The van der Waals surface area contributed by atoms with Gasteiger partial charge in [0, 0.05) is 27.9 Å². The molecule has 4 aromatic rings. The molecule has 2 N–H and O–H groups in total. The minimum absolute atomic E-state index is 0.158. The number of nitrogens with one attached hydrogen (secondary N) is 1. The van der Waals surface area contributed by atoms with Crippen molar-refractivity contribution in [1.82, 2.24) is 19.9 Å². The van der Waals surface area contributed by atoms with Crippen molar-refractivity contribution >= 4 is 33.7 Å². The summed E-state index contributed by atoms with van der Waals surface area (Å²) in [5, 5.41) is 12.2. The van der Waals surface area contributed by atoms with Crippen LogP contribution in [0.2, 0.25) is 0 Å². The molecule has 0 fully saturated rings. The summed E-state index contributed by atoms with van der Waals surface area (Å²) in [7, 11) is 1.58. The Balaban J connectivity index is 1.75. The van der Waals surface area contributed by atoms with Crippen molar-refractivity contribution in [3.8, 4) is 11.8 Å². The van der Waals surface area contributed by atoms with Gasteiger partial charge in [0.2, 0.25) is 5.88 Å². The smallest absolute Gasteiger partial charge is 0.215 e. The fourth-order valence-electron chi connectivity index (χ4n) is 2.37. The van der Waals surface area contributed by atoms with Crippen LogP contribution in [0.15, 0.2) is 52.6 Å². The summed E-state index contributed by atoms with van der Waals surface area (Å²) >= 11 is 1.53. The number of hydrogen-bond donors (Lipinski definition) is 2. The van der Waals surface area contributed by atoms with Crippen LogP contribution in [-0.2, 0) is 0 Å². The van der Waals surface area contributed by atoms with Crippen LogP contribution in [0.4, 0.5) is 0 Å². The van der Waals surface area contributed by atoms with Crippen LogP contribution >= 0.6 is 11.8 Å². The molecule has 114 valence electrons. The molecular weight excluding hydrogens is 312 g/mol. The van der Waals surface area contributed by atoms with Gasteiger partial charge in [-0.2, -0.15) is 4.98 Å². The fourth-order valence-corrected chi connectivity index (χ4v) is 3.28. The SMILES string of the molecule is COc1ccc2c(Sc3ccc4[nH]c(O)cc4c3)ncnc2n1. The lowest BCUT2D eigenvalue weighted by Gasteiger charge is -2.05. The van der Waals surface area contributed by atoms with Gasteiger partial charge >= 0.3 is 0 Å². The summed E-state index contributed by atoms with van der Waals surface area (Å²) in [6.45, 7) is 0. The molecule has 0 bridgehead atoms. The van der Waals surface area contributed by atoms with Crippen molar-refractivity contribution in [3.63, 3.8) is 0 Å². The zero-order valence-electron chi connectivity index (χ0n) is 12.1. The normalized spacial score (nSPS) is 11.2.